The van der Waals surface area contributed by atoms with E-state index in [1.807, 2.05) is 66.7 Å². The Labute approximate surface area is 193 Å². The number of amidine groups is 1. The molecule has 7 heteroatoms. The lowest BCUT2D eigenvalue weighted by Gasteiger charge is -2.14. The Morgan fingerprint density at radius 1 is 1.13 bits per heavy atom. The predicted molar refractivity (Wildman–Crippen MR) is 132 cm³/mol. The first-order valence-corrected chi connectivity index (χ1v) is 11.4. The molecule has 1 fully saturated rings. The van der Waals surface area contributed by atoms with Gasteiger partial charge in [0.25, 0.3) is 0 Å². The highest BCUT2D eigenvalue weighted by atomic mass is 79.9. The maximum Gasteiger partial charge on any atom is 0.242 e. The molecule has 1 atom stereocenters. The second kappa shape index (κ2) is 9.49. The quantitative estimate of drug-likeness (QED) is 0.444. The van der Waals surface area contributed by atoms with Crippen LogP contribution >= 0.6 is 27.7 Å². The van der Waals surface area contributed by atoms with Crippen LogP contribution in [0.3, 0.4) is 0 Å². The molecule has 1 saturated heterocycles. The Morgan fingerprint density at radius 3 is 2.65 bits per heavy atom. The molecular weight excluding hydrogens is 474 g/mol. The van der Waals surface area contributed by atoms with E-state index in [1.165, 1.54) is 11.8 Å². The monoisotopic (exact) mass is 493 g/mol. The molecule has 3 aromatic carbocycles. The van der Waals surface area contributed by atoms with E-state index in [4.69, 9.17) is 4.99 Å². The molecule has 0 spiro atoms. The Morgan fingerprint density at radius 2 is 1.87 bits per heavy atom. The second-order valence-corrected chi connectivity index (χ2v) is 9.08. The fourth-order valence-electron chi connectivity index (χ4n) is 3.34. The third kappa shape index (κ3) is 4.89. The average Bonchev–Trinajstić information content (AvgIpc) is 3.05. The molecule has 5 nitrogen and oxygen atoms in total. The van der Waals surface area contributed by atoms with E-state index in [0.717, 1.165) is 20.9 Å². The summed E-state index contributed by atoms with van der Waals surface area (Å²) in [6.45, 7) is 4.11. The molecule has 1 heterocycles. The van der Waals surface area contributed by atoms with Crippen molar-refractivity contribution < 1.29 is 9.59 Å². The van der Waals surface area contributed by atoms with Gasteiger partial charge in [-0.25, -0.2) is 4.99 Å². The van der Waals surface area contributed by atoms with Crippen LogP contribution in [-0.4, -0.2) is 33.7 Å². The second-order valence-electron chi connectivity index (χ2n) is 7.00. The van der Waals surface area contributed by atoms with Crippen LogP contribution < -0.4 is 5.32 Å². The topological polar surface area (TPSA) is 61.8 Å². The van der Waals surface area contributed by atoms with Crippen LogP contribution in [-0.2, 0) is 9.59 Å². The number of thioether (sulfide) groups is 1. The van der Waals surface area contributed by atoms with Crippen molar-refractivity contribution >= 4 is 66.8 Å². The molecule has 0 saturated carbocycles. The first kappa shape index (κ1) is 21.3. The van der Waals surface area contributed by atoms with Crippen molar-refractivity contribution in [3.63, 3.8) is 0 Å². The Kier molecular flexibility index (Phi) is 6.53. The number of anilines is 1. The van der Waals surface area contributed by atoms with Crippen LogP contribution in [0.2, 0.25) is 0 Å². The van der Waals surface area contributed by atoms with Gasteiger partial charge in [-0.1, -0.05) is 70.2 Å². The van der Waals surface area contributed by atoms with Crippen LogP contribution in [0.25, 0.3) is 10.8 Å². The standard InChI is InChI=1S/C24H20BrN3O2S/c1-2-14-28-23(30)21(15-22(29)26-18-12-10-17(25)11-13-18)31-24(28)27-20-9-5-7-16-6-3-4-8-19(16)20/h2-13,21H,1,14-15H2,(H,26,29). The molecule has 31 heavy (non-hydrogen) atoms. The van der Waals surface area contributed by atoms with E-state index >= 15 is 0 Å². The summed E-state index contributed by atoms with van der Waals surface area (Å²) in [4.78, 5) is 31.9. The molecule has 0 bridgehead atoms. The summed E-state index contributed by atoms with van der Waals surface area (Å²) < 4.78 is 0.932. The number of hydrogen-bond acceptors (Lipinski definition) is 4. The van der Waals surface area contributed by atoms with E-state index in [0.29, 0.717) is 17.4 Å². The van der Waals surface area contributed by atoms with Crippen molar-refractivity contribution in [2.75, 3.05) is 11.9 Å². The number of amides is 2. The summed E-state index contributed by atoms with van der Waals surface area (Å²) in [5.41, 5.74) is 1.48. The normalized spacial score (nSPS) is 17.3. The number of rotatable bonds is 6. The molecule has 0 aliphatic carbocycles. The summed E-state index contributed by atoms with van der Waals surface area (Å²) in [5.74, 6) is -0.340. The minimum atomic E-state index is -0.524. The van der Waals surface area contributed by atoms with Gasteiger partial charge in [0.2, 0.25) is 11.8 Å². The number of nitrogens with one attached hydrogen (secondary N) is 1. The van der Waals surface area contributed by atoms with E-state index < -0.39 is 5.25 Å². The van der Waals surface area contributed by atoms with E-state index in [9.17, 15) is 9.59 Å². The first-order chi connectivity index (χ1) is 15.0. The highest BCUT2D eigenvalue weighted by Gasteiger charge is 2.38. The summed E-state index contributed by atoms with van der Waals surface area (Å²) in [5, 5.41) is 5.01. The van der Waals surface area contributed by atoms with Crippen LogP contribution in [0.15, 0.2) is 88.9 Å². The Bertz CT molecular complexity index is 1170. The van der Waals surface area contributed by atoms with Crippen LogP contribution in [0.5, 0.6) is 0 Å². The zero-order valence-electron chi connectivity index (χ0n) is 16.6. The number of hydrogen-bond donors (Lipinski definition) is 1. The molecule has 3 aromatic rings. The number of aliphatic imine (C=N–C) groups is 1. The first-order valence-electron chi connectivity index (χ1n) is 9.76. The minimum absolute atomic E-state index is 0.0712. The lowest BCUT2D eigenvalue weighted by Crippen LogP contribution is -2.33. The summed E-state index contributed by atoms with van der Waals surface area (Å²) in [6, 6.07) is 21.2. The van der Waals surface area contributed by atoms with Gasteiger partial charge in [0.1, 0.15) is 5.25 Å². The van der Waals surface area contributed by atoms with Crippen molar-refractivity contribution in [3.05, 3.63) is 83.9 Å². The van der Waals surface area contributed by atoms with Gasteiger partial charge in [-0.15, -0.1) is 6.58 Å². The van der Waals surface area contributed by atoms with E-state index in [2.05, 4.69) is 27.8 Å². The average molecular weight is 494 g/mol. The van der Waals surface area contributed by atoms with Gasteiger partial charge in [-0.3, -0.25) is 14.5 Å². The fourth-order valence-corrected chi connectivity index (χ4v) is 4.77. The third-order valence-electron chi connectivity index (χ3n) is 4.81. The van der Waals surface area contributed by atoms with Gasteiger partial charge in [0.05, 0.1) is 5.69 Å². The molecule has 0 radical (unpaired) electrons. The molecule has 1 aliphatic heterocycles. The lowest BCUT2D eigenvalue weighted by molar-refractivity contribution is -0.127. The molecule has 2 amide bonds. The van der Waals surface area contributed by atoms with Gasteiger partial charge in [-0.2, -0.15) is 0 Å². The molecule has 1 aliphatic rings. The maximum absolute atomic E-state index is 13.0. The fraction of sp³-hybridized carbons (Fsp3) is 0.125. The zero-order chi connectivity index (χ0) is 21.8. The Hall–Kier alpha value is -2.90. The molecule has 4 rings (SSSR count). The molecule has 0 aromatic heterocycles. The minimum Gasteiger partial charge on any atom is -0.326 e. The smallest absolute Gasteiger partial charge is 0.242 e. The van der Waals surface area contributed by atoms with Crippen molar-refractivity contribution in [1.82, 2.24) is 4.90 Å². The van der Waals surface area contributed by atoms with Gasteiger partial charge >= 0.3 is 0 Å². The largest absolute Gasteiger partial charge is 0.326 e. The number of benzene rings is 3. The SMILES string of the molecule is C=CCN1C(=O)C(CC(=O)Nc2ccc(Br)cc2)SC1=Nc1cccc2ccccc12. The van der Waals surface area contributed by atoms with Crippen LogP contribution in [0.4, 0.5) is 11.4 Å². The Balaban J connectivity index is 1.55. The highest BCUT2D eigenvalue weighted by molar-refractivity contribution is 9.10. The lowest BCUT2D eigenvalue weighted by atomic mass is 10.1. The summed E-state index contributed by atoms with van der Waals surface area (Å²) in [7, 11) is 0. The van der Waals surface area contributed by atoms with Gasteiger partial charge in [0, 0.05) is 28.5 Å². The number of carbonyl (C=O) groups excluding carboxylic acids is 2. The number of carbonyl (C=O) groups is 2. The van der Waals surface area contributed by atoms with Crippen molar-refractivity contribution in [1.29, 1.82) is 0 Å². The molecular formula is C24H20BrN3O2S. The number of nitrogens with zero attached hydrogens (tertiary/aromatic N) is 2. The summed E-state index contributed by atoms with van der Waals surface area (Å²) in [6.07, 6.45) is 1.74. The van der Waals surface area contributed by atoms with Gasteiger partial charge in [0.15, 0.2) is 5.17 Å². The highest BCUT2D eigenvalue weighted by Crippen LogP contribution is 2.34. The maximum atomic E-state index is 13.0. The molecule has 1 N–H and O–H groups in total. The van der Waals surface area contributed by atoms with Gasteiger partial charge < -0.3 is 5.32 Å². The predicted octanol–water partition coefficient (Wildman–Crippen LogP) is 5.75. The van der Waals surface area contributed by atoms with Crippen molar-refractivity contribution in [3.8, 4) is 0 Å². The van der Waals surface area contributed by atoms with Gasteiger partial charge in [-0.05, 0) is 35.7 Å². The van der Waals surface area contributed by atoms with Crippen molar-refractivity contribution in [2.24, 2.45) is 4.99 Å². The third-order valence-corrected chi connectivity index (χ3v) is 6.52. The van der Waals surface area contributed by atoms with E-state index in [1.54, 1.807) is 11.0 Å². The molecule has 156 valence electrons. The zero-order valence-corrected chi connectivity index (χ0v) is 19.0. The van der Waals surface area contributed by atoms with Crippen molar-refractivity contribution in [2.45, 2.75) is 11.7 Å². The van der Waals surface area contributed by atoms with E-state index in [-0.39, 0.29) is 18.2 Å². The number of halogens is 1. The van der Waals surface area contributed by atoms with Crippen LogP contribution in [0, 0.1) is 0 Å². The summed E-state index contributed by atoms with van der Waals surface area (Å²) >= 11 is 4.69. The molecule has 1 unspecified atom stereocenters. The van der Waals surface area contributed by atoms with Crippen LogP contribution in [0.1, 0.15) is 6.42 Å². The number of fused-ring (bicyclic) bond motifs is 1.